The van der Waals surface area contributed by atoms with Crippen LogP contribution in [0.15, 0.2) is 41.3 Å². The highest BCUT2D eigenvalue weighted by molar-refractivity contribution is 7.56. The number of carbonyl (C=O) groups excluding carboxylic acids is 2. The summed E-state index contributed by atoms with van der Waals surface area (Å²) in [5.41, 5.74) is 0.116. The zero-order valence-electron chi connectivity index (χ0n) is 15.7. The molecule has 0 aliphatic heterocycles. The average Bonchev–Trinajstić information content (AvgIpc) is 2.69. The van der Waals surface area contributed by atoms with Crippen molar-refractivity contribution in [2.24, 2.45) is 4.95 Å². The number of benzene rings is 2. The summed E-state index contributed by atoms with van der Waals surface area (Å²) in [5, 5.41) is 21.3. The molecule has 0 radical (unpaired) electrons. The first-order valence-corrected chi connectivity index (χ1v) is 10.3. The molecule has 0 bridgehead atoms. The number of nitroso groups, excluding NO2 is 1. The Labute approximate surface area is 169 Å². The maximum atomic E-state index is 12.7. The molecule has 2 aromatic rings. The number of phenols is 1. The maximum Gasteiger partial charge on any atom is 0.350 e. The monoisotopic (exact) mass is 436 g/mol. The Balaban J connectivity index is 2.28. The van der Waals surface area contributed by atoms with E-state index in [1.807, 2.05) is 6.92 Å². The fourth-order valence-electron chi connectivity index (χ4n) is 2.46. The molecule has 2 N–H and O–H groups in total. The van der Waals surface area contributed by atoms with Gasteiger partial charge in [0.25, 0.3) is 0 Å². The quantitative estimate of drug-likeness (QED) is 0.113. The van der Waals surface area contributed by atoms with Crippen LogP contribution >= 0.6 is 7.52 Å². The van der Waals surface area contributed by atoms with Gasteiger partial charge >= 0.3 is 19.2 Å². The number of rotatable bonds is 9. The number of esters is 1. The summed E-state index contributed by atoms with van der Waals surface area (Å²) in [7, 11) is -4.22. The smallest absolute Gasteiger partial charge is 0.350 e. The molecule has 0 aromatic heterocycles. The molecule has 2 aromatic carbocycles. The summed E-state index contributed by atoms with van der Waals surface area (Å²) < 4.78 is 16.0. The van der Waals surface area contributed by atoms with Crippen LogP contribution in [0, 0.1) is 21.9 Å². The van der Waals surface area contributed by atoms with Gasteiger partial charge < -0.3 is 14.7 Å². The third-order valence-corrected chi connectivity index (χ3v) is 5.16. The molecule has 0 saturated carbocycles. The van der Waals surface area contributed by atoms with Gasteiger partial charge in [-0.05, 0) is 19.4 Å². The van der Waals surface area contributed by atoms with Crippen molar-refractivity contribution in [2.75, 3.05) is 6.16 Å². The number of nitro groups is 1. The first-order chi connectivity index (χ1) is 14.0. The van der Waals surface area contributed by atoms with Gasteiger partial charge in [0.1, 0.15) is 0 Å². The number of nitrogens with zero attached hydrogens (tertiary/aromatic N) is 2. The van der Waals surface area contributed by atoms with Crippen LogP contribution in [0.3, 0.4) is 0 Å². The lowest BCUT2D eigenvalue weighted by Crippen LogP contribution is -2.10. The predicted molar refractivity (Wildman–Crippen MR) is 105 cm³/mol. The lowest BCUT2D eigenvalue weighted by atomic mass is 10.0. The lowest BCUT2D eigenvalue weighted by molar-refractivity contribution is -0.385. The fourth-order valence-corrected chi connectivity index (χ4v) is 3.11. The number of hydrogen-bond donors (Lipinski definition) is 2. The highest BCUT2D eigenvalue weighted by Crippen LogP contribution is 2.42. The zero-order valence-corrected chi connectivity index (χ0v) is 16.6. The number of ether oxygens (including phenoxy) is 1. The Hall–Kier alpha value is -3.43. The van der Waals surface area contributed by atoms with Crippen LogP contribution in [-0.4, -0.2) is 32.8 Å². The van der Waals surface area contributed by atoms with Crippen molar-refractivity contribution in [1.29, 1.82) is 0 Å². The van der Waals surface area contributed by atoms with E-state index < -0.39 is 54.0 Å². The molecule has 0 spiro atoms. The molecule has 2 rings (SSSR count). The molecule has 12 heteroatoms. The normalized spacial score (nSPS) is 12.6. The summed E-state index contributed by atoms with van der Waals surface area (Å²) in [6.45, 7) is 1.82. The highest BCUT2D eigenvalue weighted by atomic mass is 31.2. The number of aromatic hydroxyl groups is 1. The van der Waals surface area contributed by atoms with Crippen molar-refractivity contribution in [3.63, 3.8) is 0 Å². The molecule has 1 atom stereocenters. The van der Waals surface area contributed by atoms with Crippen LogP contribution in [0.25, 0.3) is 0 Å². The van der Waals surface area contributed by atoms with Crippen LogP contribution in [0.5, 0.6) is 11.5 Å². The number of phenolic OH excluding ortho intramolecular Hbond substituents is 1. The van der Waals surface area contributed by atoms with E-state index in [9.17, 15) is 34.3 Å². The average molecular weight is 436 g/mol. The van der Waals surface area contributed by atoms with Gasteiger partial charge in [0.15, 0.2) is 11.5 Å². The minimum absolute atomic E-state index is 0.184. The van der Waals surface area contributed by atoms with Crippen LogP contribution in [-0.2, 0) is 9.36 Å². The fraction of sp³-hybridized carbons (Fsp3) is 0.222. The summed E-state index contributed by atoms with van der Waals surface area (Å²) in [5.74, 6) is -3.14. The van der Waals surface area contributed by atoms with Crippen molar-refractivity contribution >= 4 is 25.0 Å². The standard InChI is InChI=1S/C18H17N2O9P/c1-11-4-6-12(7-5-11)17(22)13-9-14(20(25)26)18(23)15(10-13)29-16(21)3-2-8-30(27,28)19-24/h4-7,9-10,23H,2-3,8H2,1H3,(H,27,28). The number of aryl methyl sites for hydroxylation is 1. The van der Waals surface area contributed by atoms with Gasteiger partial charge in [-0.1, -0.05) is 29.8 Å². The Kier molecular flexibility index (Phi) is 7.14. The van der Waals surface area contributed by atoms with Gasteiger partial charge in [-0.25, -0.2) is 0 Å². The van der Waals surface area contributed by atoms with Crippen LogP contribution in [0.4, 0.5) is 5.69 Å². The Morgan fingerprint density at radius 2 is 1.83 bits per heavy atom. The first kappa shape index (κ1) is 22.9. The molecule has 1 unspecified atom stereocenters. The van der Waals surface area contributed by atoms with Crippen molar-refractivity contribution in [3.05, 3.63) is 68.1 Å². The van der Waals surface area contributed by atoms with Gasteiger partial charge in [-0.3, -0.25) is 24.3 Å². The highest BCUT2D eigenvalue weighted by Gasteiger charge is 2.25. The molecule has 30 heavy (non-hydrogen) atoms. The molecule has 0 heterocycles. The summed E-state index contributed by atoms with van der Waals surface area (Å²) in [6.07, 6.45) is -1.20. The van der Waals surface area contributed by atoms with Crippen molar-refractivity contribution in [2.45, 2.75) is 19.8 Å². The first-order valence-electron chi connectivity index (χ1n) is 8.54. The lowest BCUT2D eigenvalue weighted by Gasteiger charge is -2.09. The molecule has 0 fully saturated rings. The molecule has 158 valence electrons. The predicted octanol–water partition coefficient (Wildman–Crippen LogP) is 3.48. The van der Waals surface area contributed by atoms with Gasteiger partial charge in [0.05, 0.1) is 4.92 Å². The molecular formula is C18H17N2O9P. The van der Waals surface area contributed by atoms with Gasteiger partial charge in [0.2, 0.25) is 5.75 Å². The van der Waals surface area contributed by atoms with E-state index in [1.54, 1.807) is 12.1 Å². The molecule has 0 aliphatic rings. The van der Waals surface area contributed by atoms with E-state index in [1.165, 1.54) is 12.1 Å². The second kappa shape index (κ2) is 9.38. The van der Waals surface area contributed by atoms with Gasteiger partial charge in [0, 0.05) is 34.7 Å². The molecule has 0 aliphatic carbocycles. The number of carbonyl (C=O) groups is 2. The SMILES string of the molecule is Cc1ccc(C(=O)c2cc(OC(=O)CCCP(=O)(O)N=O)c(O)c([N+](=O)[O-])c2)cc1. The second-order valence-corrected chi connectivity index (χ2v) is 8.28. The maximum absolute atomic E-state index is 12.7. The van der Waals surface area contributed by atoms with E-state index in [0.717, 1.165) is 17.7 Å². The summed E-state index contributed by atoms with van der Waals surface area (Å²) in [4.78, 5) is 56.2. The molecule has 0 saturated heterocycles. The van der Waals surface area contributed by atoms with Crippen molar-refractivity contribution in [3.8, 4) is 11.5 Å². The zero-order chi connectivity index (χ0) is 22.5. The largest absolute Gasteiger partial charge is 0.499 e. The number of nitro benzene ring substituents is 1. The summed E-state index contributed by atoms with van der Waals surface area (Å²) in [6, 6.07) is 8.26. The minimum atomic E-state index is -4.22. The Morgan fingerprint density at radius 1 is 1.20 bits per heavy atom. The van der Waals surface area contributed by atoms with E-state index in [4.69, 9.17) is 9.63 Å². The minimum Gasteiger partial charge on any atom is -0.499 e. The van der Waals surface area contributed by atoms with Crippen LogP contribution in [0.2, 0.25) is 0 Å². The Bertz CT molecular complexity index is 1050. The summed E-state index contributed by atoms with van der Waals surface area (Å²) >= 11 is 0. The van der Waals surface area contributed by atoms with E-state index in [-0.39, 0.29) is 17.5 Å². The third kappa shape index (κ3) is 5.79. The molecule has 0 amide bonds. The van der Waals surface area contributed by atoms with E-state index in [2.05, 4.69) is 4.95 Å². The molecule has 11 nitrogen and oxygen atoms in total. The van der Waals surface area contributed by atoms with Crippen LogP contribution in [0.1, 0.15) is 34.3 Å². The van der Waals surface area contributed by atoms with Gasteiger partial charge in [-0.15, -0.1) is 4.91 Å². The molecular weight excluding hydrogens is 419 g/mol. The number of hydrogen-bond acceptors (Lipinski definition) is 8. The van der Waals surface area contributed by atoms with E-state index in [0.29, 0.717) is 0 Å². The van der Waals surface area contributed by atoms with E-state index >= 15 is 0 Å². The Morgan fingerprint density at radius 3 is 2.40 bits per heavy atom. The van der Waals surface area contributed by atoms with Gasteiger partial charge in [-0.2, -0.15) is 0 Å². The third-order valence-electron chi connectivity index (χ3n) is 4.01. The van der Waals surface area contributed by atoms with Crippen molar-refractivity contribution in [1.82, 2.24) is 0 Å². The number of ketones is 1. The van der Waals surface area contributed by atoms with Crippen molar-refractivity contribution < 1.29 is 33.8 Å². The van der Waals surface area contributed by atoms with Crippen LogP contribution < -0.4 is 4.74 Å². The topological polar surface area (TPSA) is 173 Å². The second-order valence-electron chi connectivity index (χ2n) is 6.34.